The molecule has 4 aromatic rings. The van der Waals surface area contributed by atoms with Gasteiger partial charge in [-0.2, -0.15) is 10.1 Å². The van der Waals surface area contributed by atoms with Crippen LogP contribution in [0.2, 0.25) is 0 Å². The molecule has 4 heterocycles. The average Bonchev–Trinajstić information content (AvgIpc) is 3.55. The molecule has 1 aromatic carbocycles. The molecule has 1 saturated heterocycles. The van der Waals surface area contributed by atoms with E-state index in [1.54, 1.807) is 21.5 Å². The first-order valence-electron chi connectivity index (χ1n) is 12.9. The number of carbonyl (C=O) groups is 2. The van der Waals surface area contributed by atoms with Crippen LogP contribution in [-0.4, -0.2) is 73.4 Å². The molecule has 3 N–H and O–H groups in total. The van der Waals surface area contributed by atoms with E-state index in [1.807, 2.05) is 75.2 Å². The van der Waals surface area contributed by atoms with Gasteiger partial charge in [-0.3, -0.25) is 9.89 Å². The first-order valence-corrected chi connectivity index (χ1v) is 12.9. The van der Waals surface area contributed by atoms with Crippen LogP contribution >= 0.6 is 0 Å². The number of rotatable bonds is 6. The second kappa shape index (κ2) is 10.6. The van der Waals surface area contributed by atoms with Gasteiger partial charge in [-0.1, -0.05) is 30.3 Å². The van der Waals surface area contributed by atoms with E-state index in [0.29, 0.717) is 49.3 Å². The molecular weight excluding hydrogens is 498 g/mol. The Morgan fingerprint density at radius 2 is 1.79 bits per heavy atom. The minimum Gasteiger partial charge on any atom is -0.431 e. The SMILES string of the molecule is Cc1cc(Nc2nc(N3CCN(C(=O)[C@H](OC(=O)NC(C)(C)C)c4ccccc4)CC3)nn3cccc23)n[nH]1. The van der Waals surface area contributed by atoms with Gasteiger partial charge < -0.3 is 25.2 Å². The lowest BCUT2D eigenvalue weighted by Gasteiger charge is -2.36. The van der Waals surface area contributed by atoms with Crippen molar-refractivity contribution in [2.24, 2.45) is 0 Å². The molecule has 0 unspecified atom stereocenters. The maximum absolute atomic E-state index is 13.6. The summed E-state index contributed by atoms with van der Waals surface area (Å²) in [6, 6.07) is 14.8. The van der Waals surface area contributed by atoms with Crippen molar-refractivity contribution in [3.05, 3.63) is 66.0 Å². The number of piperazine rings is 1. The number of hydrogen-bond acceptors (Lipinski definition) is 8. The molecule has 1 fully saturated rings. The van der Waals surface area contributed by atoms with E-state index in [-0.39, 0.29) is 5.91 Å². The minimum atomic E-state index is -1.04. The molecule has 3 aromatic heterocycles. The van der Waals surface area contributed by atoms with Crippen LogP contribution in [0.4, 0.5) is 22.4 Å². The number of hydrogen-bond donors (Lipinski definition) is 3. The van der Waals surface area contributed by atoms with Crippen molar-refractivity contribution in [2.45, 2.75) is 39.3 Å². The van der Waals surface area contributed by atoms with Crippen molar-refractivity contribution in [3.63, 3.8) is 0 Å². The van der Waals surface area contributed by atoms with Gasteiger partial charge in [0.05, 0.1) is 0 Å². The summed E-state index contributed by atoms with van der Waals surface area (Å²) in [5.41, 5.74) is 1.90. The number of anilines is 3. The van der Waals surface area contributed by atoms with E-state index in [2.05, 4.69) is 25.9 Å². The van der Waals surface area contributed by atoms with Crippen molar-refractivity contribution in [1.82, 2.24) is 35.0 Å². The van der Waals surface area contributed by atoms with Gasteiger partial charge in [-0.15, -0.1) is 5.10 Å². The number of aryl methyl sites for hydroxylation is 1. The van der Waals surface area contributed by atoms with Gasteiger partial charge in [0.25, 0.3) is 5.91 Å². The van der Waals surface area contributed by atoms with Crippen molar-refractivity contribution in [1.29, 1.82) is 0 Å². The van der Waals surface area contributed by atoms with Crippen LogP contribution in [0.5, 0.6) is 0 Å². The lowest BCUT2D eigenvalue weighted by atomic mass is 10.1. The Morgan fingerprint density at radius 3 is 2.46 bits per heavy atom. The molecule has 1 aliphatic rings. The van der Waals surface area contributed by atoms with Crippen LogP contribution < -0.4 is 15.5 Å². The molecule has 0 spiro atoms. The number of fused-ring (bicyclic) bond motifs is 1. The molecule has 1 aliphatic heterocycles. The number of aromatic amines is 1. The van der Waals surface area contributed by atoms with Gasteiger partial charge >= 0.3 is 6.09 Å². The van der Waals surface area contributed by atoms with Gasteiger partial charge in [0.15, 0.2) is 11.6 Å². The quantitative estimate of drug-likeness (QED) is 0.345. The summed E-state index contributed by atoms with van der Waals surface area (Å²) < 4.78 is 7.43. The van der Waals surface area contributed by atoms with Crippen LogP contribution in [-0.2, 0) is 9.53 Å². The predicted octanol–water partition coefficient (Wildman–Crippen LogP) is 3.42. The maximum atomic E-state index is 13.6. The molecule has 2 amide bonds. The highest BCUT2D eigenvalue weighted by atomic mass is 16.6. The maximum Gasteiger partial charge on any atom is 0.408 e. The molecule has 1 atom stereocenters. The Labute approximate surface area is 226 Å². The normalized spacial score (nSPS) is 14.8. The molecule has 0 radical (unpaired) electrons. The highest BCUT2D eigenvalue weighted by Gasteiger charge is 2.33. The topological polar surface area (TPSA) is 133 Å². The number of nitrogens with one attached hydrogen (secondary N) is 3. The number of carbonyl (C=O) groups excluding carboxylic acids is 2. The number of alkyl carbamates (subject to hydrolysis) is 1. The molecular formula is C27H33N9O3. The molecule has 12 nitrogen and oxygen atoms in total. The molecule has 0 aliphatic carbocycles. The van der Waals surface area contributed by atoms with E-state index >= 15 is 0 Å². The largest absolute Gasteiger partial charge is 0.431 e. The summed E-state index contributed by atoms with van der Waals surface area (Å²) in [7, 11) is 0. The second-order valence-electron chi connectivity index (χ2n) is 10.5. The minimum absolute atomic E-state index is 0.261. The predicted molar refractivity (Wildman–Crippen MR) is 147 cm³/mol. The molecule has 0 bridgehead atoms. The van der Waals surface area contributed by atoms with Crippen LogP contribution in [0, 0.1) is 6.92 Å². The molecule has 204 valence electrons. The molecule has 5 rings (SSSR count). The second-order valence-corrected chi connectivity index (χ2v) is 10.5. The van der Waals surface area contributed by atoms with Crippen molar-refractivity contribution in [2.75, 3.05) is 36.4 Å². The van der Waals surface area contributed by atoms with Crippen molar-refractivity contribution in [3.8, 4) is 0 Å². The Kier molecular flexibility index (Phi) is 7.09. The number of amides is 2. The molecule has 12 heteroatoms. The fourth-order valence-electron chi connectivity index (χ4n) is 4.38. The van der Waals surface area contributed by atoms with Gasteiger partial charge in [-0.05, 0) is 39.8 Å². The Hall–Kier alpha value is -4.61. The third-order valence-electron chi connectivity index (χ3n) is 6.23. The van der Waals surface area contributed by atoms with E-state index in [0.717, 1.165) is 11.2 Å². The van der Waals surface area contributed by atoms with E-state index in [1.165, 1.54) is 0 Å². The number of aromatic nitrogens is 5. The third kappa shape index (κ3) is 6.11. The Bertz CT molecular complexity index is 1450. The van der Waals surface area contributed by atoms with Gasteiger partial charge in [0.2, 0.25) is 12.1 Å². The zero-order chi connectivity index (χ0) is 27.6. The Balaban J connectivity index is 1.30. The van der Waals surface area contributed by atoms with Gasteiger partial charge in [0.1, 0.15) is 5.52 Å². The zero-order valence-corrected chi connectivity index (χ0v) is 22.5. The third-order valence-corrected chi connectivity index (χ3v) is 6.23. The standard InChI is InChI=1S/C27H33N9O3/c1-18-17-21(32-31-18)28-23-20-11-8-12-36(20)33-25(29-23)35-15-13-34(14-16-35)24(37)22(19-9-6-5-7-10-19)39-26(38)30-27(2,3)4/h5-12,17,22H,13-16H2,1-4H3,(H,30,38)(H2,28,29,31,32,33)/t22-/m1/s1. The average molecular weight is 532 g/mol. The fourth-order valence-corrected chi connectivity index (χ4v) is 4.38. The highest BCUT2D eigenvalue weighted by molar-refractivity contribution is 5.85. The fraction of sp³-hybridized carbons (Fsp3) is 0.370. The van der Waals surface area contributed by atoms with Crippen LogP contribution in [0.1, 0.15) is 38.1 Å². The first kappa shape index (κ1) is 26.0. The summed E-state index contributed by atoms with van der Waals surface area (Å²) >= 11 is 0. The molecule has 0 saturated carbocycles. The smallest absolute Gasteiger partial charge is 0.408 e. The van der Waals surface area contributed by atoms with E-state index < -0.39 is 17.7 Å². The number of benzene rings is 1. The zero-order valence-electron chi connectivity index (χ0n) is 22.5. The van der Waals surface area contributed by atoms with Crippen molar-refractivity contribution < 1.29 is 14.3 Å². The Morgan fingerprint density at radius 1 is 1.05 bits per heavy atom. The summed E-state index contributed by atoms with van der Waals surface area (Å²) in [5.74, 6) is 1.58. The summed E-state index contributed by atoms with van der Waals surface area (Å²) in [6.07, 6.45) is 0.190. The van der Waals surface area contributed by atoms with Crippen LogP contribution in [0.3, 0.4) is 0 Å². The van der Waals surface area contributed by atoms with Crippen molar-refractivity contribution >= 4 is 35.1 Å². The lowest BCUT2D eigenvalue weighted by molar-refractivity contribution is -0.141. The van der Waals surface area contributed by atoms with E-state index in [4.69, 9.17) is 9.72 Å². The summed E-state index contributed by atoms with van der Waals surface area (Å²) in [5, 5.41) is 17.9. The highest BCUT2D eigenvalue weighted by Crippen LogP contribution is 2.25. The number of ether oxygens (including phenoxy) is 1. The van der Waals surface area contributed by atoms with Gasteiger partial charge in [0, 0.05) is 55.2 Å². The monoisotopic (exact) mass is 531 g/mol. The summed E-state index contributed by atoms with van der Waals surface area (Å²) in [4.78, 5) is 34.7. The van der Waals surface area contributed by atoms with Crippen LogP contribution in [0.25, 0.3) is 5.52 Å². The van der Waals surface area contributed by atoms with Gasteiger partial charge in [-0.25, -0.2) is 9.31 Å². The van der Waals surface area contributed by atoms with E-state index in [9.17, 15) is 9.59 Å². The van der Waals surface area contributed by atoms with Crippen LogP contribution in [0.15, 0.2) is 54.7 Å². The number of H-pyrrole nitrogens is 1. The first-order chi connectivity index (χ1) is 18.7. The molecule has 39 heavy (non-hydrogen) atoms. The lowest BCUT2D eigenvalue weighted by Crippen LogP contribution is -2.51. The summed E-state index contributed by atoms with van der Waals surface area (Å²) in [6.45, 7) is 9.41. The number of nitrogens with zero attached hydrogens (tertiary/aromatic N) is 6.